The minimum atomic E-state index is -0.959. The van der Waals surface area contributed by atoms with Crippen LogP contribution in [-0.2, 0) is 6.42 Å². The molecule has 0 bridgehead atoms. The van der Waals surface area contributed by atoms with Gasteiger partial charge in [-0.25, -0.2) is 9.78 Å². The van der Waals surface area contributed by atoms with E-state index in [1.807, 2.05) is 12.1 Å². The molecule has 0 saturated carbocycles. The summed E-state index contributed by atoms with van der Waals surface area (Å²) in [5, 5.41) is 12.2. The molecule has 1 aromatic carbocycles. The second-order valence-corrected chi connectivity index (χ2v) is 5.33. The van der Waals surface area contributed by atoms with Crippen molar-refractivity contribution in [2.24, 2.45) is 0 Å². The number of carboxylic acid groups (broad SMARTS) is 1. The Morgan fingerprint density at radius 3 is 2.70 bits per heavy atom. The highest BCUT2D eigenvalue weighted by molar-refractivity contribution is 9.10. The highest BCUT2D eigenvalue weighted by atomic mass is 79.9. The van der Waals surface area contributed by atoms with Crippen molar-refractivity contribution in [3.05, 3.63) is 51.6 Å². The summed E-state index contributed by atoms with van der Waals surface area (Å²) < 4.78 is 1.03. The van der Waals surface area contributed by atoms with E-state index in [0.717, 1.165) is 16.6 Å². The van der Waals surface area contributed by atoms with Crippen LogP contribution in [0, 0.1) is 6.92 Å². The van der Waals surface area contributed by atoms with Crippen molar-refractivity contribution < 1.29 is 9.90 Å². The van der Waals surface area contributed by atoms with E-state index >= 15 is 0 Å². The second kappa shape index (κ2) is 6.05. The number of pyridine rings is 1. The van der Waals surface area contributed by atoms with E-state index < -0.39 is 5.97 Å². The van der Waals surface area contributed by atoms with E-state index in [1.54, 1.807) is 19.1 Å². The second-order valence-electron chi connectivity index (χ2n) is 4.41. The van der Waals surface area contributed by atoms with Crippen molar-refractivity contribution in [2.75, 3.05) is 5.32 Å². The molecule has 2 aromatic rings. The number of nitrogens with zero attached hydrogens (tertiary/aromatic N) is 1. The van der Waals surface area contributed by atoms with Crippen molar-refractivity contribution in [3.8, 4) is 0 Å². The molecule has 0 amide bonds. The number of halogens is 1. The minimum Gasteiger partial charge on any atom is -0.478 e. The molecule has 0 radical (unpaired) electrons. The number of aryl methyl sites for hydroxylation is 2. The Bertz CT molecular complexity index is 656. The quantitative estimate of drug-likeness (QED) is 0.881. The van der Waals surface area contributed by atoms with Gasteiger partial charge in [-0.05, 0) is 49.2 Å². The SMILES string of the molecule is CCc1cc(Br)ccc1Nc1ccc(C(=O)O)c(C)n1. The zero-order valence-electron chi connectivity index (χ0n) is 11.3. The Hall–Kier alpha value is -1.88. The Balaban J connectivity index is 2.31. The lowest BCUT2D eigenvalue weighted by atomic mass is 10.1. The maximum atomic E-state index is 11.0. The molecule has 2 N–H and O–H groups in total. The summed E-state index contributed by atoms with van der Waals surface area (Å²) in [7, 11) is 0. The molecule has 0 aliphatic rings. The lowest BCUT2D eigenvalue weighted by Gasteiger charge is -2.12. The molecule has 0 spiro atoms. The van der Waals surface area contributed by atoms with E-state index in [-0.39, 0.29) is 5.56 Å². The number of hydrogen-bond donors (Lipinski definition) is 2. The van der Waals surface area contributed by atoms with Gasteiger partial charge in [0.1, 0.15) is 5.82 Å². The third-order valence-electron chi connectivity index (χ3n) is 3.03. The summed E-state index contributed by atoms with van der Waals surface area (Å²) in [5.41, 5.74) is 2.87. The van der Waals surface area contributed by atoms with E-state index in [1.165, 1.54) is 5.56 Å². The zero-order chi connectivity index (χ0) is 14.7. The molecule has 5 heteroatoms. The van der Waals surface area contributed by atoms with Crippen molar-refractivity contribution in [2.45, 2.75) is 20.3 Å². The first-order valence-electron chi connectivity index (χ1n) is 6.27. The highest BCUT2D eigenvalue weighted by Crippen LogP contribution is 2.24. The first-order valence-corrected chi connectivity index (χ1v) is 7.07. The van der Waals surface area contributed by atoms with Gasteiger partial charge in [-0.2, -0.15) is 0 Å². The lowest BCUT2D eigenvalue weighted by Crippen LogP contribution is -2.04. The van der Waals surface area contributed by atoms with Crippen LogP contribution in [-0.4, -0.2) is 16.1 Å². The maximum absolute atomic E-state index is 11.0. The van der Waals surface area contributed by atoms with Crippen LogP contribution in [0.15, 0.2) is 34.8 Å². The summed E-state index contributed by atoms with van der Waals surface area (Å²) in [6.07, 6.45) is 0.897. The van der Waals surface area contributed by atoms with Gasteiger partial charge in [0.2, 0.25) is 0 Å². The molecule has 104 valence electrons. The standard InChI is InChI=1S/C15H15BrN2O2/c1-3-10-8-11(16)4-6-13(10)18-14-7-5-12(15(19)20)9(2)17-14/h4-8H,3H2,1-2H3,(H,17,18)(H,19,20). The van der Waals surface area contributed by atoms with Gasteiger partial charge in [0.15, 0.2) is 0 Å². The Morgan fingerprint density at radius 2 is 2.10 bits per heavy atom. The van der Waals surface area contributed by atoms with Crippen LogP contribution in [0.5, 0.6) is 0 Å². The molecule has 20 heavy (non-hydrogen) atoms. The number of rotatable bonds is 4. The van der Waals surface area contributed by atoms with E-state index in [4.69, 9.17) is 5.11 Å². The Labute approximate surface area is 126 Å². The van der Waals surface area contributed by atoms with Gasteiger partial charge >= 0.3 is 5.97 Å². The number of carbonyl (C=O) groups is 1. The first kappa shape index (κ1) is 14.5. The molecule has 0 atom stereocenters. The average molecular weight is 335 g/mol. The summed E-state index contributed by atoms with van der Waals surface area (Å²) >= 11 is 3.45. The van der Waals surface area contributed by atoms with Crippen LogP contribution in [0.3, 0.4) is 0 Å². The van der Waals surface area contributed by atoms with Gasteiger partial charge in [0.05, 0.1) is 11.3 Å². The van der Waals surface area contributed by atoms with Crippen molar-refractivity contribution in [1.29, 1.82) is 0 Å². The van der Waals surface area contributed by atoms with Gasteiger partial charge in [-0.3, -0.25) is 0 Å². The van der Waals surface area contributed by atoms with Crippen LogP contribution in [0.1, 0.15) is 28.5 Å². The molecule has 0 unspecified atom stereocenters. The molecule has 0 fully saturated rings. The molecule has 0 aliphatic carbocycles. The molecule has 1 aromatic heterocycles. The molecular formula is C15H15BrN2O2. The van der Waals surface area contributed by atoms with Gasteiger partial charge < -0.3 is 10.4 Å². The molecule has 0 saturated heterocycles. The third-order valence-corrected chi connectivity index (χ3v) is 3.52. The third kappa shape index (κ3) is 3.17. The van der Waals surface area contributed by atoms with Crippen molar-refractivity contribution >= 4 is 33.4 Å². The lowest BCUT2D eigenvalue weighted by molar-refractivity contribution is 0.0695. The molecule has 4 nitrogen and oxygen atoms in total. The van der Waals surface area contributed by atoms with Crippen molar-refractivity contribution in [3.63, 3.8) is 0 Å². The predicted molar refractivity (Wildman–Crippen MR) is 82.7 cm³/mol. The summed E-state index contributed by atoms with van der Waals surface area (Å²) in [6.45, 7) is 3.77. The molecule has 2 rings (SSSR count). The van der Waals surface area contributed by atoms with Gasteiger partial charge in [0, 0.05) is 10.2 Å². The van der Waals surface area contributed by atoms with E-state index in [2.05, 4.69) is 39.2 Å². The molecular weight excluding hydrogens is 320 g/mol. The number of carboxylic acids is 1. The summed E-state index contributed by atoms with van der Waals surface area (Å²) in [5.74, 6) is -0.316. The van der Waals surface area contributed by atoms with Gasteiger partial charge in [0.25, 0.3) is 0 Å². The van der Waals surface area contributed by atoms with Crippen LogP contribution < -0.4 is 5.32 Å². The first-order chi connectivity index (χ1) is 9.51. The number of hydrogen-bond acceptors (Lipinski definition) is 3. The smallest absolute Gasteiger partial charge is 0.337 e. The van der Waals surface area contributed by atoms with Crippen molar-refractivity contribution in [1.82, 2.24) is 4.98 Å². The Morgan fingerprint density at radius 1 is 1.35 bits per heavy atom. The number of aromatic carboxylic acids is 1. The summed E-state index contributed by atoms with van der Waals surface area (Å²) in [4.78, 5) is 15.2. The van der Waals surface area contributed by atoms with Gasteiger partial charge in [-0.1, -0.05) is 22.9 Å². The number of anilines is 2. The fraction of sp³-hybridized carbons (Fsp3) is 0.200. The monoisotopic (exact) mass is 334 g/mol. The number of aromatic nitrogens is 1. The molecule has 0 aliphatic heterocycles. The predicted octanol–water partition coefficient (Wildman–Crippen LogP) is 4.16. The summed E-state index contributed by atoms with van der Waals surface area (Å²) in [6, 6.07) is 9.24. The number of benzene rings is 1. The fourth-order valence-electron chi connectivity index (χ4n) is 1.97. The van der Waals surface area contributed by atoms with Gasteiger partial charge in [-0.15, -0.1) is 0 Å². The van der Waals surface area contributed by atoms with Crippen LogP contribution in [0.4, 0.5) is 11.5 Å². The fourth-order valence-corrected chi connectivity index (χ4v) is 2.38. The minimum absolute atomic E-state index is 0.224. The number of nitrogens with one attached hydrogen (secondary N) is 1. The van der Waals surface area contributed by atoms with E-state index in [9.17, 15) is 4.79 Å². The maximum Gasteiger partial charge on any atom is 0.337 e. The topological polar surface area (TPSA) is 62.2 Å². The largest absolute Gasteiger partial charge is 0.478 e. The van der Waals surface area contributed by atoms with E-state index in [0.29, 0.717) is 11.5 Å². The van der Waals surface area contributed by atoms with Crippen LogP contribution in [0.2, 0.25) is 0 Å². The highest BCUT2D eigenvalue weighted by Gasteiger charge is 2.09. The van der Waals surface area contributed by atoms with Crippen LogP contribution >= 0.6 is 15.9 Å². The average Bonchev–Trinajstić information content (AvgIpc) is 2.40. The normalized spacial score (nSPS) is 10.3. The molecule has 1 heterocycles. The zero-order valence-corrected chi connectivity index (χ0v) is 12.9. The van der Waals surface area contributed by atoms with Crippen LogP contribution in [0.25, 0.3) is 0 Å². The Kier molecular flexibility index (Phi) is 4.39.